The number of anilines is 2. The van der Waals surface area contributed by atoms with Gasteiger partial charge in [0.25, 0.3) is 5.91 Å². The standard InChI is InChI=1S/C26H29FN2O4S/c1-4-19-10-8-11-20(5-2)26(19)28-25(30)18-33-23-15-13-22(14-16-23)29(34(3,31)32)17-21-9-6-7-12-24(21)27/h6-16H,4-5,17-18H2,1-3H3,(H,28,30). The van der Waals surface area contributed by atoms with E-state index in [-0.39, 0.29) is 24.6 Å². The van der Waals surface area contributed by atoms with Gasteiger partial charge in [-0.25, -0.2) is 12.8 Å². The topological polar surface area (TPSA) is 75.7 Å². The number of nitrogens with zero attached hydrogens (tertiary/aromatic N) is 1. The second kappa shape index (κ2) is 11.2. The van der Waals surface area contributed by atoms with Crippen LogP contribution in [0.3, 0.4) is 0 Å². The number of rotatable bonds is 10. The van der Waals surface area contributed by atoms with Crippen LogP contribution in [0, 0.1) is 5.82 Å². The molecule has 0 aliphatic carbocycles. The van der Waals surface area contributed by atoms with Gasteiger partial charge < -0.3 is 10.1 Å². The van der Waals surface area contributed by atoms with E-state index >= 15 is 0 Å². The monoisotopic (exact) mass is 484 g/mol. The molecule has 0 spiro atoms. The number of amides is 1. The van der Waals surface area contributed by atoms with Gasteiger partial charge in [0.2, 0.25) is 10.0 Å². The smallest absolute Gasteiger partial charge is 0.262 e. The molecular weight excluding hydrogens is 455 g/mol. The molecule has 0 heterocycles. The Balaban J connectivity index is 1.68. The lowest BCUT2D eigenvalue weighted by molar-refractivity contribution is -0.118. The van der Waals surface area contributed by atoms with Gasteiger partial charge in [-0.15, -0.1) is 0 Å². The zero-order valence-corrected chi connectivity index (χ0v) is 20.4. The van der Waals surface area contributed by atoms with Crippen molar-refractivity contribution < 1.29 is 22.3 Å². The summed E-state index contributed by atoms with van der Waals surface area (Å²) >= 11 is 0. The van der Waals surface area contributed by atoms with E-state index in [4.69, 9.17) is 4.74 Å². The molecule has 0 aliphatic heterocycles. The van der Waals surface area contributed by atoms with Crippen LogP contribution in [0.1, 0.15) is 30.5 Å². The molecule has 3 rings (SSSR count). The Kier molecular flexibility index (Phi) is 8.28. The first-order valence-electron chi connectivity index (χ1n) is 11.1. The maximum absolute atomic E-state index is 14.1. The molecule has 1 N–H and O–H groups in total. The number of ether oxygens (including phenoxy) is 1. The summed E-state index contributed by atoms with van der Waals surface area (Å²) in [6, 6.07) is 18.3. The maximum atomic E-state index is 14.1. The first-order chi connectivity index (χ1) is 16.2. The number of hydrogen-bond donors (Lipinski definition) is 1. The van der Waals surface area contributed by atoms with Crippen molar-refractivity contribution in [2.75, 3.05) is 22.5 Å². The molecule has 0 bridgehead atoms. The van der Waals surface area contributed by atoms with Gasteiger partial charge >= 0.3 is 0 Å². The average Bonchev–Trinajstić information content (AvgIpc) is 2.82. The molecular formula is C26H29FN2O4S. The Morgan fingerprint density at radius 1 is 0.912 bits per heavy atom. The van der Waals surface area contributed by atoms with Gasteiger partial charge in [-0.05, 0) is 54.3 Å². The Hall–Kier alpha value is -3.39. The minimum absolute atomic E-state index is 0.134. The Morgan fingerprint density at radius 2 is 1.50 bits per heavy atom. The number of aryl methyl sites for hydroxylation is 2. The molecule has 3 aromatic rings. The van der Waals surface area contributed by atoms with E-state index < -0.39 is 15.8 Å². The molecule has 0 fully saturated rings. The van der Waals surface area contributed by atoms with Crippen molar-refractivity contribution in [3.63, 3.8) is 0 Å². The van der Waals surface area contributed by atoms with Crippen molar-refractivity contribution in [1.82, 2.24) is 0 Å². The first kappa shape index (κ1) is 25.2. The molecule has 0 aliphatic rings. The zero-order chi connectivity index (χ0) is 24.7. The molecule has 0 unspecified atom stereocenters. The first-order valence-corrected chi connectivity index (χ1v) is 12.9. The third kappa shape index (κ3) is 6.35. The fourth-order valence-corrected chi connectivity index (χ4v) is 4.50. The summed E-state index contributed by atoms with van der Waals surface area (Å²) in [6.07, 6.45) is 2.67. The molecule has 3 aromatic carbocycles. The van der Waals surface area contributed by atoms with Gasteiger partial charge in [-0.2, -0.15) is 0 Å². The van der Waals surface area contributed by atoms with Gasteiger partial charge in [0, 0.05) is 11.3 Å². The molecule has 0 radical (unpaired) electrons. The van der Waals surface area contributed by atoms with Crippen LogP contribution >= 0.6 is 0 Å². The summed E-state index contributed by atoms with van der Waals surface area (Å²) in [5.74, 6) is -0.340. The number of hydrogen-bond acceptors (Lipinski definition) is 4. The summed E-state index contributed by atoms with van der Waals surface area (Å²) in [5.41, 5.74) is 3.59. The zero-order valence-electron chi connectivity index (χ0n) is 19.5. The minimum atomic E-state index is -3.66. The lowest BCUT2D eigenvalue weighted by Crippen LogP contribution is -2.29. The van der Waals surface area contributed by atoms with Crippen LogP contribution < -0.4 is 14.4 Å². The van der Waals surface area contributed by atoms with Crippen molar-refractivity contribution in [3.05, 3.63) is 89.2 Å². The molecule has 34 heavy (non-hydrogen) atoms. The fourth-order valence-electron chi connectivity index (χ4n) is 3.62. The van der Waals surface area contributed by atoms with Crippen molar-refractivity contribution >= 4 is 27.3 Å². The molecule has 1 amide bonds. The second-order valence-corrected chi connectivity index (χ2v) is 9.76. The Labute approximate surface area is 200 Å². The van der Waals surface area contributed by atoms with Crippen molar-refractivity contribution in [2.45, 2.75) is 33.2 Å². The minimum Gasteiger partial charge on any atom is -0.484 e. The van der Waals surface area contributed by atoms with Crippen LogP contribution in [0.5, 0.6) is 5.75 Å². The molecule has 0 saturated heterocycles. The molecule has 8 heteroatoms. The number of sulfonamides is 1. The predicted molar refractivity (Wildman–Crippen MR) is 133 cm³/mol. The van der Waals surface area contributed by atoms with Crippen molar-refractivity contribution in [3.8, 4) is 5.75 Å². The van der Waals surface area contributed by atoms with Crippen LogP contribution in [-0.4, -0.2) is 27.2 Å². The fraction of sp³-hybridized carbons (Fsp3) is 0.269. The van der Waals surface area contributed by atoms with E-state index in [0.29, 0.717) is 11.4 Å². The van der Waals surface area contributed by atoms with E-state index in [1.807, 2.05) is 32.0 Å². The largest absolute Gasteiger partial charge is 0.484 e. The van der Waals surface area contributed by atoms with Gasteiger partial charge in [-0.1, -0.05) is 50.2 Å². The normalized spacial score (nSPS) is 11.2. The summed E-state index contributed by atoms with van der Waals surface area (Å²) in [4.78, 5) is 12.5. The third-order valence-corrected chi connectivity index (χ3v) is 6.57. The molecule has 6 nitrogen and oxygen atoms in total. The number of nitrogens with one attached hydrogen (secondary N) is 1. The van der Waals surface area contributed by atoms with E-state index in [2.05, 4.69) is 5.32 Å². The highest BCUT2D eigenvalue weighted by molar-refractivity contribution is 7.92. The molecule has 0 saturated carbocycles. The van der Waals surface area contributed by atoms with E-state index in [9.17, 15) is 17.6 Å². The summed E-state index contributed by atoms with van der Waals surface area (Å²) in [7, 11) is -3.66. The van der Waals surface area contributed by atoms with E-state index in [1.165, 1.54) is 6.07 Å². The van der Waals surface area contributed by atoms with E-state index in [1.54, 1.807) is 42.5 Å². The van der Waals surface area contributed by atoms with Gasteiger partial charge in [0.15, 0.2) is 6.61 Å². The van der Waals surface area contributed by atoms with Gasteiger partial charge in [0.1, 0.15) is 11.6 Å². The number of benzene rings is 3. The molecule has 180 valence electrons. The lowest BCUT2D eigenvalue weighted by atomic mass is 10.0. The van der Waals surface area contributed by atoms with Crippen molar-refractivity contribution in [2.24, 2.45) is 0 Å². The van der Waals surface area contributed by atoms with Crippen LogP contribution in [0.2, 0.25) is 0 Å². The highest BCUT2D eigenvalue weighted by atomic mass is 32.2. The highest BCUT2D eigenvalue weighted by Gasteiger charge is 2.19. The highest BCUT2D eigenvalue weighted by Crippen LogP contribution is 2.25. The number of carbonyl (C=O) groups is 1. The quantitative estimate of drug-likeness (QED) is 0.443. The summed E-state index contributed by atoms with van der Waals surface area (Å²) in [6.45, 7) is 3.75. The predicted octanol–water partition coefficient (Wildman–Crippen LogP) is 4.93. The summed E-state index contributed by atoms with van der Waals surface area (Å²) < 4.78 is 45.5. The van der Waals surface area contributed by atoms with E-state index in [0.717, 1.165) is 40.2 Å². The Bertz CT molecular complexity index is 1220. The van der Waals surface area contributed by atoms with Crippen LogP contribution in [0.15, 0.2) is 66.7 Å². The second-order valence-electron chi connectivity index (χ2n) is 7.85. The van der Waals surface area contributed by atoms with Crippen LogP contribution in [0.4, 0.5) is 15.8 Å². The number of halogens is 1. The van der Waals surface area contributed by atoms with Gasteiger partial charge in [-0.3, -0.25) is 9.10 Å². The van der Waals surface area contributed by atoms with Crippen LogP contribution in [-0.2, 0) is 34.2 Å². The Morgan fingerprint density at radius 3 is 2.06 bits per heavy atom. The van der Waals surface area contributed by atoms with Gasteiger partial charge in [0.05, 0.1) is 18.5 Å². The lowest BCUT2D eigenvalue weighted by Gasteiger charge is -2.23. The molecule has 0 atom stereocenters. The van der Waals surface area contributed by atoms with Crippen LogP contribution in [0.25, 0.3) is 0 Å². The van der Waals surface area contributed by atoms with Crippen molar-refractivity contribution in [1.29, 1.82) is 0 Å². The number of para-hydroxylation sites is 1. The summed E-state index contributed by atoms with van der Waals surface area (Å²) in [5, 5.41) is 2.95. The number of carbonyl (C=O) groups excluding carboxylic acids is 1. The third-order valence-electron chi connectivity index (χ3n) is 5.43. The average molecular weight is 485 g/mol. The maximum Gasteiger partial charge on any atom is 0.262 e. The molecule has 0 aromatic heterocycles. The SMILES string of the molecule is CCc1cccc(CC)c1NC(=O)COc1ccc(N(Cc2ccccc2F)S(C)(=O)=O)cc1.